The highest BCUT2D eigenvalue weighted by Gasteiger charge is 2.21. The average Bonchev–Trinajstić information content (AvgIpc) is 2.02. The SMILES string of the molecule is CC[C@@H](N)C(=O)NC(C)(C)CO. The van der Waals surface area contributed by atoms with E-state index in [1.165, 1.54) is 0 Å². The lowest BCUT2D eigenvalue weighted by Crippen LogP contribution is -2.52. The molecule has 4 N–H and O–H groups in total. The van der Waals surface area contributed by atoms with Crippen LogP contribution < -0.4 is 11.1 Å². The van der Waals surface area contributed by atoms with Gasteiger partial charge in [0.25, 0.3) is 0 Å². The molecule has 72 valence electrons. The Morgan fingerprint density at radius 2 is 2.17 bits per heavy atom. The fraction of sp³-hybridized carbons (Fsp3) is 0.875. The summed E-state index contributed by atoms with van der Waals surface area (Å²) in [6, 6.07) is -0.476. The van der Waals surface area contributed by atoms with Crippen molar-refractivity contribution in [3.8, 4) is 0 Å². The quantitative estimate of drug-likeness (QED) is 0.543. The zero-order valence-electron chi connectivity index (χ0n) is 7.92. The molecule has 0 aromatic carbocycles. The second-order valence-electron chi connectivity index (χ2n) is 3.55. The summed E-state index contributed by atoms with van der Waals surface area (Å²) in [4.78, 5) is 11.2. The molecule has 0 aromatic heterocycles. The van der Waals surface area contributed by atoms with E-state index in [9.17, 15) is 4.79 Å². The van der Waals surface area contributed by atoms with E-state index in [4.69, 9.17) is 10.8 Å². The van der Waals surface area contributed by atoms with Gasteiger partial charge in [-0.3, -0.25) is 4.79 Å². The van der Waals surface area contributed by atoms with E-state index in [0.29, 0.717) is 6.42 Å². The number of nitrogens with one attached hydrogen (secondary N) is 1. The summed E-state index contributed by atoms with van der Waals surface area (Å²) in [5, 5.41) is 11.5. The zero-order chi connectivity index (χ0) is 9.78. The smallest absolute Gasteiger partial charge is 0.237 e. The standard InChI is InChI=1S/C8H18N2O2/c1-4-6(9)7(12)10-8(2,3)5-11/h6,11H,4-5,9H2,1-3H3,(H,10,12)/t6-/m1/s1. The summed E-state index contributed by atoms with van der Waals surface area (Å²) in [6.07, 6.45) is 0.605. The predicted octanol–water partition coefficient (Wildman–Crippen LogP) is -0.389. The number of carbonyl (C=O) groups is 1. The number of aliphatic hydroxyl groups excluding tert-OH is 1. The van der Waals surface area contributed by atoms with Crippen molar-refractivity contribution in [2.45, 2.75) is 38.8 Å². The molecule has 0 aliphatic heterocycles. The van der Waals surface area contributed by atoms with Crippen LogP contribution in [0.1, 0.15) is 27.2 Å². The van der Waals surface area contributed by atoms with Gasteiger partial charge < -0.3 is 16.2 Å². The number of rotatable bonds is 4. The molecule has 4 nitrogen and oxygen atoms in total. The first-order chi connectivity index (χ1) is 5.43. The van der Waals surface area contributed by atoms with Crippen molar-refractivity contribution in [3.63, 3.8) is 0 Å². The molecule has 0 rings (SSSR count). The minimum atomic E-state index is -0.579. The first-order valence-corrected chi connectivity index (χ1v) is 4.11. The van der Waals surface area contributed by atoms with Crippen molar-refractivity contribution in [1.29, 1.82) is 0 Å². The van der Waals surface area contributed by atoms with Gasteiger partial charge in [0, 0.05) is 0 Å². The van der Waals surface area contributed by atoms with Crippen LogP contribution in [0, 0.1) is 0 Å². The predicted molar refractivity (Wildman–Crippen MR) is 47.6 cm³/mol. The number of carbonyl (C=O) groups excluding carboxylic acids is 1. The number of amides is 1. The van der Waals surface area contributed by atoms with Crippen molar-refractivity contribution in [2.24, 2.45) is 5.73 Å². The maximum absolute atomic E-state index is 11.2. The first-order valence-electron chi connectivity index (χ1n) is 4.11. The Kier molecular flexibility index (Phi) is 4.20. The molecule has 0 saturated carbocycles. The van der Waals surface area contributed by atoms with Crippen LogP contribution in [-0.4, -0.2) is 29.2 Å². The van der Waals surface area contributed by atoms with Crippen molar-refractivity contribution >= 4 is 5.91 Å². The Bertz CT molecular complexity index is 157. The normalized spacial score (nSPS) is 14.1. The van der Waals surface area contributed by atoms with Gasteiger partial charge in [0.05, 0.1) is 18.2 Å². The molecular formula is C8H18N2O2. The fourth-order valence-corrected chi connectivity index (χ4v) is 0.651. The molecule has 0 heterocycles. The molecule has 0 aliphatic rings. The summed E-state index contributed by atoms with van der Waals surface area (Å²) in [7, 11) is 0. The Labute approximate surface area is 73.1 Å². The van der Waals surface area contributed by atoms with Gasteiger partial charge in [-0.05, 0) is 20.3 Å². The summed E-state index contributed by atoms with van der Waals surface area (Å²) < 4.78 is 0. The van der Waals surface area contributed by atoms with E-state index in [1.54, 1.807) is 13.8 Å². The molecule has 1 atom stereocenters. The van der Waals surface area contributed by atoms with Crippen LogP contribution in [-0.2, 0) is 4.79 Å². The summed E-state index contributed by atoms with van der Waals surface area (Å²) in [6.45, 7) is 5.24. The lowest BCUT2D eigenvalue weighted by atomic mass is 10.1. The number of hydrogen-bond donors (Lipinski definition) is 3. The summed E-state index contributed by atoms with van der Waals surface area (Å²) >= 11 is 0. The van der Waals surface area contributed by atoms with Crippen LogP contribution in [0.2, 0.25) is 0 Å². The maximum Gasteiger partial charge on any atom is 0.237 e. The molecule has 0 saturated heterocycles. The Morgan fingerprint density at radius 3 is 2.50 bits per heavy atom. The van der Waals surface area contributed by atoms with Gasteiger partial charge in [-0.15, -0.1) is 0 Å². The lowest BCUT2D eigenvalue weighted by Gasteiger charge is -2.25. The highest BCUT2D eigenvalue weighted by atomic mass is 16.3. The first kappa shape index (κ1) is 11.4. The minimum Gasteiger partial charge on any atom is -0.394 e. The highest BCUT2D eigenvalue weighted by molar-refractivity contribution is 5.82. The zero-order valence-corrected chi connectivity index (χ0v) is 7.92. The van der Waals surface area contributed by atoms with E-state index in [0.717, 1.165) is 0 Å². The van der Waals surface area contributed by atoms with E-state index < -0.39 is 11.6 Å². The van der Waals surface area contributed by atoms with Gasteiger partial charge in [-0.2, -0.15) is 0 Å². The summed E-state index contributed by atoms with van der Waals surface area (Å²) in [5.41, 5.74) is 4.91. The Balaban J connectivity index is 4.00. The largest absolute Gasteiger partial charge is 0.394 e. The molecule has 0 bridgehead atoms. The second-order valence-corrected chi connectivity index (χ2v) is 3.55. The van der Waals surface area contributed by atoms with Gasteiger partial charge in [0.15, 0.2) is 0 Å². The van der Waals surface area contributed by atoms with Gasteiger partial charge >= 0.3 is 0 Å². The molecule has 0 spiro atoms. The monoisotopic (exact) mass is 174 g/mol. The van der Waals surface area contributed by atoms with E-state index in [-0.39, 0.29) is 12.5 Å². The molecular weight excluding hydrogens is 156 g/mol. The van der Waals surface area contributed by atoms with E-state index in [1.807, 2.05) is 6.92 Å². The topological polar surface area (TPSA) is 75.4 Å². The average molecular weight is 174 g/mol. The van der Waals surface area contributed by atoms with Gasteiger partial charge in [0.1, 0.15) is 0 Å². The molecule has 0 aliphatic carbocycles. The van der Waals surface area contributed by atoms with Crippen molar-refractivity contribution in [3.05, 3.63) is 0 Å². The minimum absolute atomic E-state index is 0.0881. The number of aliphatic hydroxyl groups is 1. The van der Waals surface area contributed by atoms with Crippen molar-refractivity contribution in [1.82, 2.24) is 5.32 Å². The van der Waals surface area contributed by atoms with Crippen molar-refractivity contribution in [2.75, 3.05) is 6.61 Å². The number of hydrogen-bond acceptors (Lipinski definition) is 3. The van der Waals surface area contributed by atoms with Gasteiger partial charge in [-0.1, -0.05) is 6.92 Å². The Hall–Kier alpha value is -0.610. The third-order valence-electron chi connectivity index (χ3n) is 1.63. The molecule has 0 radical (unpaired) electrons. The number of nitrogens with two attached hydrogens (primary N) is 1. The molecule has 0 unspecified atom stereocenters. The molecule has 0 aromatic rings. The van der Waals surface area contributed by atoms with E-state index in [2.05, 4.69) is 5.32 Å². The lowest BCUT2D eigenvalue weighted by molar-refractivity contribution is -0.124. The Morgan fingerprint density at radius 1 is 1.67 bits per heavy atom. The van der Waals surface area contributed by atoms with Crippen LogP contribution in [0.5, 0.6) is 0 Å². The molecule has 4 heteroatoms. The van der Waals surface area contributed by atoms with Gasteiger partial charge in [0.2, 0.25) is 5.91 Å². The summed E-state index contributed by atoms with van der Waals surface area (Å²) in [5.74, 6) is -0.212. The third kappa shape index (κ3) is 3.69. The van der Waals surface area contributed by atoms with Crippen LogP contribution in [0.3, 0.4) is 0 Å². The van der Waals surface area contributed by atoms with Gasteiger partial charge in [-0.25, -0.2) is 0 Å². The van der Waals surface area contributed by atoms with E-state index >= 15 is 0 Å². The maximum atomic E-state index is 11.2. The van der Waals surface area contributed by atoms with Crippen LogP contribution in [0.25, 0.3) is 0 Å². The fourth-order valence-electron chi connectivity index (χ4n) is 0.651. The highest BCUT2D eigenvalue weighted by Crippen LogP contribution is 2.00. The van der Waals surface area contributed by atoms with Crippen LogP contribution >= 0.6 is 0 Å². The molecule has 0 fully saturated rings. The van der Waals surface area contributed by atoms with Crippen LogP contribution in [0.4, 0.5) is 0 Å². The van der Waals surface area contributed by atoms with Crippen LogP contribution in [0.15, 0.2) is 0 Å². The molecule has 12 heavy (non-hydrogen) atoms. The van der Waals surface area contributed by atoms with Crippen molar-refractivity contribution < 1.29 is 9.90 Å². The molecule has 1 amide bonds. The third-order valence-corrected chi connectivity index (χ3v) is 1.63. The second kappa shape index (κ2) is 4.42.